The van der Waals surface area contributed by atoms with Crippen LogP contribution in [0.25, 0.3) is 22.9 Å². The number of hydrogen-bond donors (Lipinski definition) is 1. The lowest BCUT2D eigenvalue weighted by atomic mass is 10.0. The van der Waals surface area contributed by atoms with Crippen LogP contribution in [0.4, 0.5) is 13.2 Å². The largest absolute Gasteiger partial charge is 0.435 e. The number of halogens is 3. The Balaban J connectivity index is 1.79. The molecule has 4 rings (SSSR count). The molecule has 1 N–H and O–H groups in total. The van der Waals surface area contributed by atoms with Crippen molar-refractivity contribution in [3.05, 3.63) is 72.4 Å². The molecule has 0 amide bonds. The molecule has 2 heterocycles. The van der Waals surface area contributed by atoms with Gasteiger partial charge in [-0.25, -0.2) is 0 Å². The summed E-state index contributed by atoms with van der Waals surface area (Å²) in [6, 6.07) is 16.3. The Bertz CT molecular complexity index is 1000. The molecule has 0 aliphatic carbocycles. The molecule has 0 unspecified atom stereocenters. The summed E-state index contributed by atoms with van der Waals surface area (Å²) in [7, 11) is 0. The zero-order chi connectivity index (χ0) is 19.8. The first-order valence-corrected chi connectivity index (χ1v) is 7.97. The molecule has 4 aromatic rings. The van der Waals surface area contributed by atoms with Crippen LogP contribution in [0.1, 0.15) is 11.8 Å². The van der Waals surface area contributed by atoms with Crippen LogP contribution in [0, 0.1) is 0 Å². The average Bonchev–Trinajstić information content (AvgIpc) is 3.38. The third kappa shape index (κ3) is 2.93. The van der Waals surface area contributed by atoms with Crippen molar-refractivity contribution in [2.24, 2.45) is 0 Å². The van der Waals surface area contributed by atoms with Crippen LogP contribution in [-0.2, 0) is 5.60 Å². The fourth-order valence-electron chi connectivity index (χ4n) is 2.47. The Morgan fingerprint density at radius 1 is 0.643 bits per heavy atom. The highest BCUT2D eigenvalue weighted by atomic mass is 19.4. The minimum atomic E-state index is -5.26. The van der Waals surface area contributed by atoms with E-state index < -0.39 is 23.6 Å². The second kappa shape index (κ2) is 6.57. The van der Waals surface area contributed by atoms with E-state index in [1.54, 1.807) is 60.7 Å². The highest BCUT2D eigenvalue weighted by Crippen LogP contribution is 2.44. The first kappa shape index (κ1) is 17.9. The van der Waals surface area contributed by atoms with Crippen molar-refractivity contribution in [3.63, 3.8) is 0 Å². The highest BCUT2D eigenvalue weighted by Gasteiger charge is 2.64. The number of aromatic nitrogens is 4. The molecule has 0 bridgehead atoms. The molecule has 2 aromatic carbocycles. The normalized spacial score (nSPS) is 12.3. The van der Waals surface area contributed by atoms with Gasteiger partial charge in [0.2, 0.25) is 11.8 Å². The van der Waals surface area contributed by atoms with E-state index in [1.165, 1.54) is 0 Å². The molecule has 2 aromatic heterocycles. The molecule has 0 spiro atoms. The van der Waals surface area contributed by atoms with Gasteiger partial charge in [-0.2, -0.15) is 13.2 Å². The molecule has 0 saturated carbocycles. The summed E-state index contributed by atoms with van der Waals surface area (Å²) in [6.07, 6.45) is -5.26. The number of rotatable bonds is 4. The standard InChI is InChI=1S/C18H11F3N4O3/c19-18(20,21)17(26,15-24-22-13(27-15)11-7-3-1-4-8-11)16-25-23-14(28-16)12-9-5-2-6-10-12/h1-10,26H. The fourth-order valence-corrected chi connectivity index (χ4v) is 2.47. The lowest BCUT2D eigenvalue weighted by Gasteiger charge is -2.22. The maximum Gasteiger partial charge on any atom is 0.435 e. The molecule has 28 heavy (non-hydrogen) atoms. The molecular formula is C18H11F3N4O3. The zero-order valence-corrected chi connectivity index (χ0v) is 14.0. The van der Waals surface area contributed by atoms with E-state index in [0.717, 1.165) is 0 Å². The Kier molecular flexibility index (Phi) is 4.19. The molecule has 10 heteroatoms. The van der Waals surface area contributed by atoms with Gasteiger partial charge in [-0.1, -0.05) is 36.4 Å². The van der Waals surface area contributed by atoms with E-state index in [0.29, 0.717) is 11.1 Å². The average molecular weight is 388 g/mol. The van der Waals surface area contributed by atoms with Gasteiger partial charge < -0.3 is 13.9 Å². The maximum atomic E-state index is 13.8. The predicted molar refractivity (Wildman–Crippen MR) is 88.5 cm³/mol. The van der Waals surface area contributed by atoms with Crippen molar-refractivity contribution < 1.29 is 27.1 Å². The molecule has 142 valence electrons. The SMILES string of the molecule is OC(c1nnc(-c2ccccc2)o1)(c1nnc(-c2ccccc2)o1)C(F)(F)F. The minimum absolute atomic E-state index is 0.193. The quantitative estimate of drug-likeness (QED) is 0.570. The summed E-state index contributed by atoms with van der Waals surface area (Å²) in [6.45, 7) is 0. The summed E-state index contributed by atoms with van der Waals surface area (Å²) < 4.78 is 51.6. The van der Waals surface area contributed by atoms with Crippen LogP contribution in [0.3, 0.4) is 0 Å². The van der Waals surface area contributed by atoms with E-state index in [2.05, 4.69) is 20.4 Å². The summed E-state index contributed by atoms with van der Waals surface area (Å²) in [5.74, 6) is -2.63. The molecule has 0 aliphatic rings. The van der Waals surface area contributed by atoms with Gasteiger partial charge in [-0.15, -0.1) is 20.4 Å². The Hall–Kier alpha value is -3.53. The zero-order valence-electron chi connectivity index (χ0n) is 14.0. The fraction of sp³-hybridized carbons (Fsp3) is 0.111. The molecule has 0 aliphatic heterocycles. The second-order valence-corrected chi connectivity index (χ2v) is 5.76. The van der Waals surface area contributed by atoms with E-state index in [4.69, 9.17) is 8.83 Å². The first-order valence-electron chi connectivity index (χ1n) is 7.97. The summed E-state index contributed by atoms with van der Waals surface area (Å²) >= 11 is 0. The van der Waals surface area contributed by atoms with Gasteiger partial charge in [-0.05, 0) is 24.3 Å². The van der Waals surface area contributed by atoms with Crippen molar-refractivity contribution in [1.82, 2.24) is 20.4 Å². The molecule has 0 radical (unpaired) electrons. The Labute approximate surface area is 155 Å². The lowest BCUT2D eigenvalue weighted by molar-refractivity contribution is -0.263. The van der Waals surface area contributed by atoms with Crippen molar-refractivity contribution >= 4 is 0 Å². The molecule has 7 nitrogen and oxygen atoms in total. The summed E-state index contributed by atoms with van der Waals surface area (Å²) in [5.41, 5.74) is -2.98. The van der Waals surface area contributed by atoms with Gasteiger partial charge in [-0.3, -0.25) is 0 Å². The van der Waals surface area contributed by atoms with Crippen LogP contribution in [-0.4, -0.2) is 31.7 Å². The van der Waals surface area contributed by atoms with Crippen LogP contribution in [0.5, 0.6) is 0 Å². The highest BCUT2D eigenvalue weighted by molar-refractivity contribution is 5.53. The molecule has 0 atom stereocenters. The molecular weight excluding hydrogens is 377 g/mol. The lowest BCUT2D eigenvalue weighted by Crippen LogP contribution is -2.44. The van der Waals surface area contributed by atoms with Crippen molar-refractivity contribution in [2.45, 2.75) is 11.8 Å². The van der Waals surface area contributed by atoms with Crippen LogP contribution < -0.4 is 0 Å². The maximum absolute atomic E-state index is 13.8. The monoisotopic (exact) mass is 388 g/mol. The number of alkyl halides is 3. The van der Waals surface area contributed by atoms with E-state index in [1.807, 2.05) is 0 Å². The summed E-state index contributed by atoms with van der Waals surface area (Å²) in [4.78, 5) is 0. The third-order valence-corrected chi connectivity index (χ3v) is 3.92. The Morgan fingerprint density at radius 2 is 1.04 bits per heavy atom. The predicted octanol–water partition coefficient (Wildman–Crippen LogP) is 3.58. The number of nitrogens with zero attached hydrogens (tertiary/aromatic N) is 4. The van der Waals surface area contributed by atoms with E-state index in [-0.39, 0.29) is 11.8 Å². The number of benzene rings is 2. The summed E-state index contributed by atoms with van der Waals surface area (Å²) in [5, 5.41) is 24.4. The topological polar surface area (TPSA) is 98.1 Å². The molecule has 0 fully saturated rings. The van der Waals surface area contributed by atoms with E-state index >= 15 is 0 Å². The first-order chi connectivity index (χ1) is 13.4. The van der Waals surface area contributed by atoms with Crippen molar-refractivity contribution in [3.8, 4) is 22.9 Å². The van der Waals surface area contributed by atoms with Crippen LogP contribution >= 0.6 is 0 Å². The minimum Gasteiger partial charge on any atom is -0.417 e. The van der Waals surface area contributed by atoms with Gasteiger partial charge in [0.1, 0.15) is 0 Å². The number of aliphatic hydroxyl groups is 1. The Morgan fingerprint density at radius 3 is 1.39 bits per heavy atom. The van der Waals surface area contributed by atoms with Gasteiger partial charge in [0.05, 0.1) is 0 Å². The van der Waals surface area contributed by atoms with Gasteiger partial charge in [0.25, 0.3) is 11.8 Å². The van der Waals surface area contributed by atoms with Gasteiger partial charge in [0.15, 0.2) is 0 Å². The van der Waals surface area contributed by atoms with Crippen molar-refractivity contribution in [1.29, 1.82) is 0 Å². The van der Waals surface area contributed by atoms with Crippen LogP contribution in [0.15, 0.2) is 69.5 Å². The van der Waals surface area contributed by atoms with E-state index in [9.17, 15) is 18.3 Å². The van der Waals surface area contributed by atoms with Crippen LogP contribution in [0.2, 0.25) is 0 Å². The third-order valence-electron chi connectivity index (χ3n) is 3.92. The van der Waals surface area contributed by atoms with Gasteiger partial charge >= 0.3 is 11.8 Å². The molecule has 0 saturated heterocycles. The van der Waals surface area contributed by atoms with Gasteiger partial charge in [0, 0.05) is 11.1 Å². The van der Waals surface area contributed by atoms with Crippen molar-refractivity contribution in [2.75, 3.05) is 0 Å². The smallest absolute Gasteiger partial charge is 0.417 e. The number of hydrogen-bond acceptors (Lipinski definition) is 7. The second-order valence-electron chi connectivity index (χ2n) is 5.76.